The number of halogens is 1. The molecule has 2 aromatic carbocycles. The molecule has 2 N–H and O–H groups in total. The van der Waals surface area contributed by atoms with Crippen molar-refractivity contribution in [2.75, 3.05) is 11.9 Å². The second-order valence-electron chi connectivity index (χ2n) is 6.31. The van der Waals surface area contributed by atoms with E-state index in [-0.39, 0.29) is 23.9 Å². The molecule has 4 rings (SSSR count). The average molecular weight is 439 g/mol. The minimum Gasteiger partial charge on any atom is -0.477 e. The van der Waals surface area contributed by atoms with Crippen molar-refractivity contribution >= 4 is 33.7 Å². The average Bonchev–Trinajstić information content (AvgIpc) is 3.02. The number of hydrogen-bond donors (Lipinski definition) is 2. The standard InChI is InChI=1S/C21H15BrN2O4/c22-17-10-23-19(20(25)26)9-18(17)24-21(27)28-11-16-14-7-3-1-5-12(14)13-6-2-4-8-15(13)16/h1-10,16H,11H2,(H,25,26)(H,23,24,27). The van der Waals surface area contributed by atoms with Crippen LogP contribution < -0.4 is 5.32 Å². The molecule has 1 aliphatic carbocycles. The number of aromatic nitrogens is 1. The van der Waals surface area contributed by atoms with Crippen LogP contribution in [0.4, 0.5) is 10.5 Å². The molecule has 0 saturated carbocycles. The number of pyridine rings is 1. The molecule has 0 aliphatic heterocycles. The molecule has 0 unspecified atom stereocenters. The molecule has 140 valence electrons. The lowest BCUT2D eigenvalue weighted by Gasteiger charge is -2.15. The van der Waals surface area contributed by atoms with Crippen LogP contribution in [0.25, 0.3) is 11.1 Å². The van der Waals surface area contributed by atoms with Crippen molar-refractivity contribution in [3.63, 3.8) is 0 Å². The Morgan fingerprint density at radius 2 is 1.68 bits per heavy atom. The molecule has 1 heterocycles. The van der Waals surface area contributed by atoms with Gasteiger partial charge in [0.15, 0.2) is 0 Å². The summed E-state index contributed by atoms with van der Waals surface area (Å²) in [6.45, 7) is 0.175. The normalized spacial score (nSPS) is 12.2. The number of anilines is 1. The van der Waals surface area contributed by atoms with Gasteiger partial charge in [0.1, 0.15) is 12.3 Å². The summed E-state index contributed by atoms with van der Waals surface area (Å²) < 4.78 is 5.92. The van der Waals surface area contributed by atoms with Gasteiger partial charge in [-0.15, -0.1) is 0 Å². The zero-order valence-electron chi connectivity index (χ0n) is 14.6. The zero-order chi connectivity index (χ0) is 19.7. The lowest BCUT2D eigenvalue weighted by atomic mass is 9.98. The molecule has 0 radical (unpaired) electrons. The molecule has 0 bridgehead atoms. The molecule has 0 fully saturated rings. The van der Waals surface area contributed by atoms with Crippen molar-refractivity contribution in [3.05, 3.63) is 82.1 Å². The highest BCUT2D eigenvalue weighted by atomic mass is 79.9. The summed E-state index contributed by atoms with van der Waals surface area (Å²) >= 11 is 3.24. The highest BCUT2D eigenvalue weighted by Crippen LogP contribution is 2.44. The summed E-state index contributed by atoms with van der Waals surface area (Å²) in [5, 5.41) is 11.6. The van der Waals surface area contributed by atoms with Crippen molar-refractivity contribution in [3.8, 4) is 11.1 Å². The van der Waals surface area contributed by atoms with Gasteiger partial charge in [0, 0.05) is 12.1 Å². The molecule has 1 amide bonds. The van der Waals surface area contributed by atoms with Gasteiger partial charge in [-0.3, -0.25) is 5.32 Å². The van der Waals surface area contributed by atoms with Gasteiger partial charge in [-0.25, -0.2) is 14.6 Å². The van der Waals surface area contributed by atoms with E-state index in [1.165, 1.54) is 12.3 Å². The van der Waals surface area contributed by atoms with Gasteiger partial charge >= 0.3 is 12.1 Å². The van der Waals surface area contributed by atoms with Crippen LogP contribution in [0.5, 0.6) is 0 Å². The van der Waals surface area contributed by atoms with E-state index in [1.807, 2.05) is 36.4 Å². The number of aromatic carboxylic acids is 1. The number of carboxylic acids is 1. The summed E-state index contributed by atoms with van der Waals surface area (Å²) in [5.74, 6) is -1.23. The second kappa shape index (κ2) is 7.44. The summed E-state index contributed by atoms with van der Waals surface area (Å²) in [7, 11) is 0. The van der Waals surface area contributed by atoms with Gasteiger partial charge < -0.3 is 9.84 Å². The number of ether oxygens (including phenoxy) is 1. The van der Waals surface area contributed by atoms with Crippen molar-refractivity contribution in [1.29, 1.82) is 0 Å². The summed E-state index contributed by atoms with van der Waals surface area (Å²) in [6.07, 6.45) is 0.660. The second-order valence-corrected chi connectivity index (χ2v) is 7.16. The molecule has 0 saturated heterocycles. The Labute approximate surface area is 169 Å². The van der Waals surface area contributed by atoms with E-state index in [2.05, 4.69) is 38.4 Å². The number of carboxylic acid groups (broad SMARTS) is 1. The Kier molecular flexibility index (Phi) is 4.83. The third-order valence-electron chi connectivity index (χ3n) is 4.65. The predicted molar refractivity (Wildman–Crippen MR) is 108 cm³/mol. The molecular weight excluding hydrogens is 424 g/mol. The Morgan fingerprint density at radius 3 is 2.29 bits per heavy atom. The Hall–Kier alpha value is -3.19. The number of benzene rings is 2. The molecule has 6 nitrogen and oxygen atoms in total. The smallest absolute Gasteiger partial charge is 0.411 e. The topological polar surface area (TPSA) is 88.5 Å². The Balaban J connectivity index is 1.50. The quantitative estimate of drug-likeness (QED) is 0.604. The van der Waals surface area contributed by atoms with Crippen molar-refractivity contribution in [2.45, 2.75) is 5.92 Å². The molecule has 0 spiro atoms. The van der Waals surface area contributed by atoms with E-state index in [4.69, 9.17) is 9.84 Å². The third kappa shape index (κ3) is 3.36. The van der Waals surface area contributed by atoms with E-state index in [1.54, 1.807) is 0 Å². The molecule has 1 aliphatic rings. The van der Waals surface area contributed by atoms with Crippen LogP contribution in [-0.2, 0) is 4.74 Å². The largest absolute Gasteiger partial charge is 0.477 e. The number of carbonyl (C=O) groups is 2. The van der Waals surface area contributed by atoms with Crippen molar-refractivity contribution in [2.24, 2.45) is 0 Å². The van der Waals surface area contributed by atoms with E-state index < -0.39 is 12.1 Å². The fourth-order valence-electron chi connectivity index (χ4n) is 3.40. The highest BCUT2D eigenvalue weighted by Gasteiger charge is 2.29. The molecule has 28 heavy (non-hydrogen) atoms. The number of hydrogen-bond acceptors (Lipinski definition) is 4. The first-order valence-corrected chi connectivity index (χ1v) is 9.34. The third-order valence-corrected chi connectivity index (χ3v) is 5.29. The van der Waals surface area contributed by atoms with E-state index in [0.29, 0.717) is 4.47 Å². The lowest BCUT2D eigenvalue weighted by Crippen LogP contribution is -2.18. The number of fused-ring (bicyclic) bond motifs is 3. The van der Waals surface area contributed by atoms with Gasteiger partial charge in [-0.05, 0) is 44.3 Å². The van der Waals surface area contributed by atoms with Gasteiger partial charge in [0.25, 0.3) is 0 Å². The van der Waals surface area contributed by atoms with Crippen LogP contribution in [0.2, 0.25) is 0 Å². The summed E-state index contributed by atoms with van der Waals surface area (Å²) in [5.41, 5.74) is 4.65. The molecule has 0 atom stereocenters. The van der Waals surface area contributed by atoms with E-state index in [9.17, 15) is 9.59 Å². The number of amides is 1. The number of rotatable bonds is 4. The van der Waals surface area contributed by atoms with Crippen molar-refractivity contribution in [1.82, 2.24) is 4.98 Å². The van der Waals surface area contributed by atoms with Gasteiger partial charge in [-0.1, -0.05) is 48.5 Å². The first kappa shape index (κ1) is 18.2. The minimum absolute atomic E-state index is 0.0476. The Bertz CT molecular complexity index is 1040. The molecule has 7 heteroatoms. The number of carbonyl (C=O) groups excluding carboxylic acids is 1. The SMILES string of the molecule is O=C(Nc1cc(C(=O)O)ncc1Br)OCC1c2ccccc2-c2ccccc21. The van der Waals surface area contributed by atoms with Crippen molar-refractivity contribution < 1.29 is 19.4 Å². The van der Waals surface area contributed by atoms with E-state index in [0.717, 1.165) is 22.3 Å². The molecule has 1 aromatic heterocycles. The van der Waals surface area contributed by atoms with Gasteiger partial charge in [-0.2, -0.15) is 0 Å². The number of nitrogens with zero attached hydrogens (tertiary/aromatic N) is 1. The van der Waals surface area contributed by atoms with E-state index >= 15 is 0 Å². The predicted octanol–water partition coefficient (Wildman–Crippen LogP) is 4.90. The monoisotopic (exact) mass is 438 g/mol. The number of nitrogens with one attached hydrogen (secondary N) is 1. The highest BCUT2D eigenvalue weighted by molar-refractivity contribution is 9.10. The summed E-state index contributed by atoms with van der Waals surface area (Å²) in [4.78, 5) is 27.1. The molecule has 3 aromatic rings. The van der Waals surface area contributed by atoms with Crippen LogP contribution >= 0.6 is 15.9 Å². The van der Waals surface area contributed by atoms with Crippen LogP contribution in [0, 0.1) is 0 Å². The maximum atomic E-state index is 12.3. The first-order valence-electron chi connectivity index (χ1n) is 8.55. The summed E-state index contributed by atoms with van der Waals surface area (Å²) in [6, 6.07) is 17.4. The lowest BCUT2D eigenvalue weighted by molar-refractivity contribution is 0.0690. The fraction of sp³-hybridized carbons (Fsp3) is 0.0952. The first-order chi connectivity index (χ1) is 13.5. The maximum absolute atomic E-state index is 12.3. The Morgan fingerprint density at radius 1 is 1.07 bits per heavy atom. The van der Waals surface area contributed by atoms with Crippen LogP contribution in [0.15, 0.2) is 65.3 Å². The molecular formula is C21H15BrN2O4. The fourth-order valence-corrected chi connectivity index (χ4v) is 3.71. The van der Waals surface area contributed by atoms with Gasteiger partial charge in [0.05, 0.1) is 10.2 Å². The zero-order valence-corrected chi connectivity index (χ0v) is 16.1. The van der Waals surface area contributed by atoms with Crippen LogP contribution in [0.1, 0.15) is 27.5 Å². The van der Waals surface area contributed by atoms with Crippen LogP contribution in [0.3, 0.4) is 0 Å². The van der Waals surface area contributed by atoms with Crippen LogP contribution in [-0.4, -0.2) is 28.8 Å². The minimum atomic E-state index is -1.18. The maximum Gasteiger partial charge on any atom is 0.411 e. The van der Waals surface area contributed by atoms with Gasteiger partial charge in [0.2, 0.25) is 0 Å².